The minimum absolute atomic E-state index is 0.674. The van der Waals surface area contributed by atoms with Crippen LogP contribution in [-0.2, 0) is 13.1 Å². The molecule has 2 heterocycles. The number of hydrogen-bond donors (Lipinski definition) is 0. The van der Waals surface area contributed by atoms with Gasteiger partial charge in [-0.1, -0.05) is 36.4 Å². The molecule has 2 aliphatic rings. The van der Waals surface area contributed by atoms with Gasteiger partial charge in [0.05, 0.1) is 21.3 Å². The lowest BCUT2D eigenvalue weighted by Crippen LogP contribution is -2.52. The predicted octanol–water partition coefficient (Wildman–Crippen LogP) is 3.49. The average molecular weight is 440 g/mol. The van der Waals surface area contributed by atoms with Crippen LogP contribution in [0, 0.1) is 0 Å². The van der Waals surface area contributed by atoms with Gasteiger partial charge >= 0.3 is 0 Å². The second-order valence-electron chi connectivity index (χ2n) is 8.80. The van der Waals surface area contributed by atoms with Crippen LogP contribution >= 0.6 is 0 Å². The second kappa shape index (κ2) is 11.0. The first-order valence-electron chi connectivity index (χ1n) is 11.7. The first kappa shape index (κ1) is 22.9. The molecule has 0 N–H and O–H groups in total. The highest BCUT2D eigenvalue weighted by molar-refractivity contribution is 5.55. The van der Waals surface area contributed by atoms with E-state index in [0.717, 1.165) is 56.6 Å². The number of benzene rings is 2. The van der Waals surface area contributed by atoms with Gasteiger partial charge in [-0.15, -0.1) is 0 Å². The summed E-state index contributed by atoms with van der Waals surface area (Å²) in [5, 5.41) is 0. The fourth-order valence-corrected chi connectivity index (χ4v) is 5.10. The molecule has 32 heavy (non-hydrogen) atoms. The summed E-state index contributed by atoms with van der Waals surface area (Å²) < 4.78 is 16.6. The Kier molecular flexibility index (Phi) is 7.90. The maximum absolute atomic E-state index is 5.67. The Morgan fingerprint density at radius 1 is 0.688 bits per heavy atom. The number of likely N-dealkylation sites (tertiary alicyclic amines) is 1. The Hall–Kier alpha value is -2.28. The van der Waals surface area contributed by atoms with Gasteiger partial charge in [0, 0.05) is 50.9 Å². The first-order chi connectivity index (χ1) is 15.7. The van der Waals surface area contributed by atoms with Gasteiger partial charge in [0.15, 0.2) is 11.5 Å². The molecule has 2 fully saturated rings. The Morgan fingerprint density at radius 3 is 1.97 bits per heavy atom. The van der Waals surface area contributed by atoms with E-state index in [1.165, 1.54) is 31.5 Å². The van der Waals surface area contributed by atoms with E-state index in [0.29, 0.717) is 11.5 Å². The molecular weight excluding hydrogens is 402 g/mol. The van der Waals surface area contributed by atoms with Crippen molar-refractivity contribution in [2.24, 2.45) is 0 Å². The van der Waals surface area contributed by atoms with Crippen molar-refractivity contribution >= 4 is 0 Å². The van der Waals surface area contributed by atoms with Crippen LogP contribution in [0.2, 0.25) is 0 Å². The van der Waals surface area contributed by atoms with Gasteiger partial charge in [0.25, 0.3) is 0 Å². The zero-order chi connectivity index (χ0) is 22.3. The van der Waals surface area contributed by atoms with Crippen LogP contribution in [0.5, 0.6) is 17.2 Å². The van der Waals surface area contributed by atoms with Crippen molar-refractivity contribution in [3.63, 3.8) is 0 Å². The molecule has 0 unspecified atom stereocenters. The van der Waals surface area contributed by atoms with Crippen LogP contribution in [0.25, 0.3) is 0 Å². The summed E-state index contributed by atoms with van der Waals surface area (Å²) in [6.45, 7) is 8.79. The number of rotatable bonds is 8. The third kappa shape index (κ3) is 5.37. The maximum atomic E-state index is 5.67. The number of hydrogen-bond acceptors (Lipinski definition) is 6. The maximum Gasteiger partial charge on any atom is 0.203 e. The molecule has 0 aromatic heterocycles. The van der Waals surface area contributed by atoms with Crippen molar-refractivity contribution < 1.29 is 14.2 Å². The summed E-state index contributed by atoms with van der Waals surface area (Å²) >= 11 is 0. The lowest BCUT2D eigenvalue weighted by atomic mass is 10.0. The molecule has 0 atom stereocenters. The van der Waals surface area contributed by atoms with Crippen LogP contribution in [0.3, 0.4) is 0 Å². The lowest BCUT2D eigenvalue weighted by molar-refractivity contribution is 0.0547. The van der Waals surface area contributed by atoms with Gasteiger partial charge < -0.3 is 14.2 Å². The molecule has 2 aliphatic heterocycles. The first-order valence-corrected chi connectivity index (χ1v) is 11.7. The smallest absolute Gasteiger partial charge is 0.203 e. The van der Waals surface area contributed by atoms with E-state index < -0.39 is 0 Å². The second-order valence-corrected chi connectivity index (χ2v) is 8.80. The minimum Gasteiger partial charge on any atom is -0.493 e. The van der Waals surface area contributed by atoms with Crippen molar-refractivity contribution in [2.45, 2.75) is 32.0 Å². The third-order valence-electron chi connectivity index (χ3n) is 6.91. The van der Waals surface area contributed by atoms with Crippen LogP contribution in [-0.4, -0.2) is 81.3 Å². The Morgan fingerprint density at radius 2 is 1.34 bits per heavy atom. The summed E-state index contributed by atoms with van der Waals surface area (Å²) in [6.07, 6.45) is 2.55. The van der Waals surface area contributed by atoms with E-state index in [9.17, 15) is 0 Å². The van der Waals surface area contributed by atoms with Gasteiger partial charge in [0.1, 0.15) is 0 Å². The molecule has 6 nitrogen and oxygen atoms in total. The highest BCUT2D eigenvalue weighted by Crippen LogP contribution is 2.40. The van der Waals surface area contributed by atoms with Crippen LogP contribution in [0.1, 0.15) is 24.0 Å². The molecule has 0 saturated carbocycles. The molecule has 6 heteroatoms. The van der Waals surface area contributed by atoms with E-state index in [4.69, 9.17) is 14.2 Å². The average Bonchev–Trinajstić information content (AvgIpc) is 2.85. The quantitative estimate of drug-likeness (QED) is 0.627. The molecule has 4 rings (SSSR count). The molecule has 0 amide bonds. The summed E-state index contributed by atoms with van der Waals surface area (Å²) in [4.78, 5) is 7.83. The minimum atomic E-state index is 0.674. The normalized spacial score (nSPS) is 19.1. The number of piperazine rings is 1. The van der Waals surface area contributed by atoms with Crippen LogP contribution < -0.4 is 14.2 Å². The monoisotopic (exact) mass is 439 g/mol. The van der Waals surface area contributed by atoms with E-state index in [1.54, 1.807) is 21.3 Å². The molecule has 174 valence electrons. The number of methoxy groups -OCH3 is 3. The fraction of sp³-hybridized carbons (Fsp3) is 0.538. The SMILES string of the molecule is COc1ccc(CN2CCN(C3CCN(Cc4ccccc4)CC3)CC2)c(OC)c1OC. The van der Waals surface area contributed by atoms with E-state index in [2.05, 4.69) is 51.1 Å². The van der Waals surface area contributed by atoms with Crippen molar-refractivity contribution in [2.75, 3.05) is 60.6 Å². The predicted molar refractivity (Wildman–Crippen MR) is 128 cm³/mol. The highest BCUT2D eigenvalue weighted by atomic mass is 16.5. The zero-order valence-corrected chi connectivity index (χ0v) is 19.8. The standard InChI is InChI=1S/C26H37N3O3/c1-30-24-10-9-22(25(31-2)26(24)32-3)20-28-15-17-29(18-16-28)23-11-13-27(14-12-23)19-21-7-5-4-6-8-21/h4-10,23H,11-20H2,1-3H3. The summed E-state index contributed by atoms with van der Waals surface area (Å²) in [6, 6.07) is 15.6. The Labute approximate surface area is 192 Å². The molecular formula is C26H37N3O3. The molecule has 2 aromatic rings. The number of piperidine rings is 1. The zero-order valence-electron chi connectivity index (χ0n) is 19.8. The summed E-state index contributed by atoms with van der Waals surface area (Å²) in [5.41, 5.74) is 2.57. The molecule has 2 aromatic carbocycles. The Bertz CT molecular complexity index is 845. The number of ether oxygens (including phenoxy) is 3. The summed E-state index contributed by atoms with van der Waals surface area (Å²) in [5.74, 6) is 2.16. The van der Waals surface area contributed by atoms with Gasteiger partial charge in [0.2, 0.25) is 5.75 Å². The molecule has 0 bridgehead atoms. The van der Waals surface area contributed by atoms with E-state index >= 15 is 0 Å². The van der Waals surface area contributed by atoms with Gasteiger partial charge in [-0.3, -0.25) is 14.7 Å². The van der Waals surface area contributed by atoms with Crippen molar-refractivity contribution in [3.8, 4) is 17.2 Å². The van der Waals surface area contributed by atoms with Crippen molar-refractivity contribution in [1.82, 2.24) is 14.7 Å². The molecule has 0 radical (unpaired) electrons. The van der Waals surface area contributed by atoms with Gasteiger partial charge in [-0.05, 0) is 37.6 Å². The fourth-order valence-electron chi connectivity index (χ4n) is 5.10. The number of nitrogens with zero attached hydrogens (tertiary/aromatic N) is 3. The third-order valence-corrected chi connectivity index (χ3v) is 6.91. The molecule has 0 aliphatic carbocycles. The highest BCUT2D eigenvalue weighted by Gasteiger charge is 2.28. The van der Waals surface area contributed by atoms with Crippen LogP contribution in [0.15, 0.2) is 42.5 Å². The molecule has 2 saturated heterocycles. The molecule has 0 spiro atoms. The van der Waals surface area contributed by atoms with Crippen molar-refractivity contribution in [1.29, 1.82) is 0 Å². The van der Waals surface area contributed by atoms with E-state index in [-0.39, 0.29) is 0 Å². The van der Waals surface area contributed by atoms with Crippen molar-refractivity contribution in [3.05, 3.63) is 53.6 Å². The largest absolute Gasteiger partial charge is 0.493 e. The lowest BCUT2D eigenvalue weighted by Gasteiger charge is -2.43. The Balaban J connectivity index is 1.26. The van der Waals surface area contributed by atoms with Gasteiger partial charge in [-0.25, -0.2) is 0 Å². The summed E-state index contributed by atoms with van der Waals surface area (Å²) in [7, 11) is 5.01. The topological polar surface area (TPSA) is 37.4 Å². The van der Waals surface area contributed by atoms with E-state index in [1.807, 2.05) is 6.07 Å². The van der Waals surface area contributed by atoms with Crippen LogP contribution in [0.4, 0.5) is 0 Å². The van der Waals surface area contributed by atoms with Gasteiger partial charge in [-0.2, -0.15) is 0 Å².